The maximum absolute atomic E-state index is 12.6. The lowest BCUT2D eigenvalue weighted by Gasteiger charge is -2.35. The van der Waals surface area contributed by atoms with E-state index in [1.165, 1.54) is 36.0 Å². The molecule has 1 aliphatic rings. The number of carbonyl (C=O) groups is 1. The van der Waals surface area contributed by atoms with Gasteiger partial charge < -0.3 is 9.73 Å². The molecule has 0 spiro atoms. The number of thiophene rings is 1. The van der Waals surface area contributed by atoms with Gasteiger partial charge in [-0.25, -0.2) is 0 Å². The Morgan fingerprint density at radius 2 is 1.93 bits per heavy atom. The molecule has 146 valence electrons. The molecule has 0 bridgehead atoms. The molecule has 1 aliphatic heterocycles. The van der Waals surface area contributed by atoms with Crippen LogP contribution >= 0.6 is 27.3 Å². The first-order valence-electron chi connectivity index (χ1n) is 9.56. The summed E-state index contributed by atoms with van der Waals surface area (Å²) in [5.74, 6) is 0.122. The molecule has 3 heterocycles. The van der Waals surface area contributed by atoms with Gasteiger partial charge >= 0.3 is 0 Å². The van der Waals surface area contributed by atoms with Gasteiger partial charge in [0.25, 0.3) is 5.91 Å². The van der Waals surface area contributed by atoms with E-state index in [1.807, 2.05) is 0 Å². The van der Waals surface area contributed by atoms with Crippen molar-refractivity contribution in [2.24, 2.45) is 0 Å². The molecule has 0 saturated carbocycles. The molecular formula is C22H23BrN2O2S. The normalized spacial score (nSPS) is 16.1. The van der Waals surface area contributed by atoms with Gasteiger partial charge in [0.15, 0.2) is 5.76 Å². The third kappa shape index (κ3) is 4.24. The van der Waals surface area contributed by atoms with E-state index in [0.29, 0.717) is 5.76 Å². The molecule has 1 N–H and O–H groups in total. The summed E-state index contributed by atoms with van der Waals surface area (Å²) in [6.07, 6.45) is 5.23. The fraction of sp³-hybridized carbons (Fsp3) is 0.318. The Bertz CT molecular complexity index is 928. The zero-order chi connectivity index (χ0) is 19.5. The van der Waals surface area contributed by atoms with Crippen LogP contribution in [0.4, 0.5) is 5.00 Å². The Kier molecular flexibility index (Phi) is 5.99. The van der Waals surface area contributed by atoms with Crippen LogP contribution in [0.25, 0.3) is 0 Å². The van der Waals surface area contributed by atoms with Crippen molar-refractivity contribution in [3.63, 3.8) is 0 Å². The monoisotopic (exact) mass is 458 g/mol. The molecule has 1 atom stereocenters. The summed E-state index contributed by atoms with van der Waals surface area (Å²) in [4.78, 5) is 16.3. The topological polar surface area (TPSA) is 45.5 Å². The molecule has 0 unspecified atom stereocenters. The average molecular weight is 459 g/mol. The van der Waals surface area contributed by atoms with Crippen LogP contribution in [0.5, 0.6) is 0 Å². The second kappa shape index (κ2) is 8.64. The Balaban J connectivity index is 1.71. The predicted molar refractivity (Wildman–Crippen MR) is 117 cm³/mol. The van der Waals surface area contributed by atoms with Crippen molar-refractivity contribution in [1.29, 1.82) is 0 Å². The first kappa shape index (κ1) is 19.4. The number of nitrogens with one attached hydrogen (secondary N) is 1. The maximum Gasteiger partial charge on any atom is 0.291 e. The highest BCUT2D eigenvalue weighted by Gasteiger charge is 2.28. The number of hydrogen-bond donors (Lipinski definition) is 1. The molecule has 1 saturated heterocycles. The number of furan rings is 1. The van der Waals surface area contributed by atoms with Crippen molar-refractivity contribution in [3.8, 4) is 0 Å². The van der Waals surface area contributed by atoms with Gasteiger partial charge in [-0.05, 0) is 68.8 Å². The van der Waals surface area contributed by atoms with Crippen LogP contribution in [-0.4, -0.2) is 23.9 Å². The first-order valence-corrected chi connectivity index (χ1v) is 11.2. The van der Waals surface area contributed by atoms with Gasteiger partial charge in [0.1, 0.15) is 5.00 Å². The number of halogens is 1. The molecule has 1 fully saturated rings. The van der Waals surface area contributed by atoms with Gasteiger partial charge in [-0.2, -0.15) is 0 Å². The van der Waals surface area contributed by atoms with Crippen LogP contribution in [0, 0.1) is 6.92 Å². The van der Waals surface area contributed by atoms with Crippen molar-refractivity contribution < 1.29 is 9.21 Å². The summed E-state index contributed by atoms with van der Waals surface area (Å²) in [6.45, 7) is 4.23. The van der Waals surface area contributed by atoms with E-state index in [2.05, 4.69) is 63.4 Å². The van der Waals surface area contributed by atoms with Crippen LogP contribution in [0.2, 0.25) is 0 Å². The van der Waals surface area contributed by atoms with E-state index in [4.69, 9.17) is 4.42 Å². The predicted octanol–water partition coefficient (Wildman–Crippen LogP) is 6.24. The zero-order valence-corrected chi connectivity index (χ0v) is 18.2. The second-order valence-electron chi connectivity index (χ2n) is 7.12. The number of hydrogen-bond acceptors (Lipinski definition) is 4. The smallest absolute Gasteiger partial charge is 0.291 e. The lowest BCUT2D eigenvalue weighted by atomic mass is 9.96. The summed E-state index contributed by atoms with van der Waals surface area (Å²) < 4.78 is 6.34. The molecule has 1 aromatic carbocycles. The Morgan fingerprint density at radius 1 is 1.18 bits per heavy atom. The number of aryl methyl sites for hydroxylation is 1. The Hall–Kier alpha value is -1.89. The van der Waals surface area contributed by atoms with Crippen molar-refractivity contribution in [2.75, 3.05) is 18.4 Å². The summed E-state index contributed by atoms with van der Waals surface area (Å²) in [5, 5.41) is 3.98. The van der Waals surface area contributed by atoms with Gasteiger partial charge in [-0.3, -0.25) is 9.69 Å². The number of benzene rings is 1. The lowest BCUT2D eigenvalue weighted by Crippen LogP contribution is -2.34. The van der Waals surface area contributed by atoms with E-state index in [-0.39, 0.29) is 11.9 Å². The van der Waals surface area contributed by atoms with Crippen LogP contribution in [-0.2, 0) is 0 Å². The average Bonchev–Trinajstić information content (AvgIpc) is 3.35. The first-order chi connectivity index (χ1) is 13.6. The summed E-state index contributed by atoms with van der Waals surface area (Å²) in [6, 6.07) is 14.3. The van der Waals surface area contributed by atoms with Gasteiger partial charge in [-0.1, -0.05) is 34.5 Å². The quantitative estimate of drug-likeness (QED) is 0.491. The largest absolute Gasteiger partial charge is 0.459 e. The molecule has 2 aromatic heterocycles. The molecule has 6 heteroatoms. The highest BCUT2D eigenvalue weighted by Crippen LogP contribution is 2.40. The minimum absolute atomic E-state index is 0.130. The minimum Gasteiger partial charge on any atom is -0.459 e. The number of piperidine rings is 1. The van der Waals surface area contributed by atoms with E-state index in [9.17, 15) is 4.79 Å². The van der Waals surface area contributed by atoms with Crippen LogP contribution in [0.1, 0.15) is 51.9 Å². The molecular weight excluding hydrogens is 436 g/mol. The molecule has 28 heavy (non-hydrogen) atoms. The Morgan fingerprint density at radius 3 is 2.61 bits per heavy atom. The molecule has 0 aliphatic carbocycles. The van der Waals surface area contributed by atoms with Crippen molar-refractivity contribution in [3.05, 3.63) is 75.0 Å². The second-order valence-corrected chi connectivity index (χ2v) is 9.30. The van der Waals surface area contributed by atoms with Gasteiger partial charge in [-0.15, -0.1) is 11.3 Å². The summed E-state index contributed by atoms with van der Waals surface area (Å²) in [7, 11) is 0. The van der Waals surface area contributed by atoms with Crippen molar-refractivity contribution in [2.45, 2.75) is 32.2 Å². The maximum atomic E-state index is 12.6. The molecule has 4 rings (SSSR count). The van der Waals surface area contributed by atoms with Crippen molar-refractivity contribution >= 4 is 38.2 Å². The molecule has 1 amide bonds. The highest BCUT2D eigenvalue weighted by atomic mass is 79.9. The van der Waals surface area contributed by atoms with Gasteiger partial charge in [0.05, 0.1) is 12.3 Å². The highest BCUT2D eigenvalue weighted by molar-refractivity contribution is 9.10. The van der Waals surface area contributed by atoms with E-state index >= 15 is 0 Å². The number of anilines is 1. The van der Waals surface area contributed by atoms with Crippen molar-refractivity contribution in [1.82, 2.24) is 4.90 Å². The number of carbonyl (C=O) groups excluding carboxylic acids is 1. The number of likely N-dealkylation sites (tertiary alicyclic amines) is 1. The Labute approximate surface area is 177 Å². The SMILES string of the molecule is Cc1cc([C@H](c2ccc(Br)cc2)N2CCCCC2)c(NC(=O)c2ccco2)s1. The van der Waals surface area contributed by atoms with E-state index in [1.54, 1.807) is 23.5 Å². The lowest BCUT2D eigenvalue weighted by molar-refractivity contribution is 0.0996. The standard InChI is InChI=1S/C22H23BrN2O2S/c1-15-14-18(22(28-15)24-21(26)19-6-5-13-27-19)20(25-11-3-2-4-12-25)16-7-9-17(23)10-8-16/h5-10,13-14,20H,2-4,11-12H2,1H3,(H,24,26)/t20-/m0/s1. The molecule has 3 aromatic rings. The number of amides is 1. The minimum atomic E-state index is -0.207. The van der Waals surface area contributed by atoms with E-state index in [0.717, 1.165) is 28.1 Å². The van der Waals surface area contributed by atoms with E-state index < -0.39 is 0 Å². The third-order valence-electron chi connectivity index (χ3n) is 5.09. The van der Waals surface area contributed by atoms with Crippen LogP contribution in [0.3, 0.4) is 0 Å². The fourth-order valence-corrected chi connectivity index (χ4v) is 5.02. The number of rotatable bonds is 5. The van der Waals surface area contributed by atoms with Crippen LogP contribution < -0.4 is 5.32 Å². The zero-order valence-electron chi connectivity index (χ0n) is 15.8. The van der Waals surface area contributed by atoms with Crippen LogP contribution in [0.15, 0.2) is 57.6 Å². The van der Waals surface area contributed by atoms with Gasteiger partial charge in [0, 0.05) is 14.9 Å². The molecule has 0 radical (unpaired) electrons. The summed E-state index contributed by atoms with van der Waals surface area (Å²) >= 11 is 5.16. The number of nitrogens with zero attached hydrogens (tertiary/aromatic N) is 1. The fourth-order valence-electron chi connectivity index (χ4n) is 3.82. The molecule has 4 nitrogen and oxygen atoms in total. The summed E-state index contributed by atoms with van der Waals surface area (Å²) in [5.41, 5.74) is 2.41. The third-order valence-corrected chi connectivity index (χ3v) is 6.60. The van der Waals surface area contributed by atoms with Gasteiger partial charge in [0.2, 0.25) is 0 Å².